The Balaban J connectivity index is 2.13. The van der Waals surface area contributed by atoms with Gasteiger partial charge in [-0.1, -0.05) is 0 Å². The second-order valence-electron chi connectivity index (χ2n) is 3.25. The van der Waals surface area contributed by atoms with Gasteiger partial charge in [0, 0.05) is 0 Å². The normalized spacial score (nSPS) is 9.47. The lowest BCUT2D eigenvalue weighted by atomic mass is 10.3. The summed E-state index contributed by atoms with van der Waals surface area (Å²) in [7, 11) is 0. The van der Waals surface area contributed by atoms with Crippen LogP contribution in [0.1, 0.15) is 0 Å². The van der Waals surface area contributed by atoms with E-state index in [-0.39, 0.29) is 5.82 Å². The fourth-order valence-corrected chi connectivity index (χ4v) is 1.39. The van der Waals surface area contributed by atoms with E-state index in [0.29, 0.717) is 17.2 Å². The predicted octanol–water partition coefficient (Wildman–Crippen LogP) is 4.35. The molecule has 2 aromatic rings. The molecule has 2 aromatic carbocycles. The van der Waals surface area contributed by atoms with E-state index in [2.05, 4.69) is 22.4 Å². The van der Waals surface area contributed by atoms with Crippen molar-refractivity contribution in [2.75, 3.05) is 0 Å². The van der Waals surface area contributed by atoms with Crippen molar-refractivity contribution in [1.82, 2.24) is 0 Å². The topological polar surface area (TPSA) is 21.6 Å². The van der Waals surface area contributed by atoms with E-state index in [1.807, 2.05) is 0 Å². The number of isothiocyanates is 1. The highest BCUT2D eigenvalue weighted by molar-refractivity contribution is 7.78. The lowest BCUT2D eigenvalue weighted by Gasteiger charge is -2.05. The van der Waals surface area contributed by atoms with Crippen molar-refractivity contribution < 1.29 is 9.13 Å². The minimum Gasteiger partial charge on any atom is -0.457 e. The zero-order valence-electron chi connectivity index (χ0n) is 8.76. The Hall–Kier alpha value is -2.03. The molecule has 2 rings (SSSR count). The molecule has 0 aliphatic carbocycles. The van der Waals surface area contributed by atoms with Crippen LogP contribution in [-0.4, -0.2) is 5.16 Å². The molecule has 0 atom stereocenters. The van der Waals surface area contributed by atoms with Gasteiger partial charge in [0.25, 0.3) is 0 Å². The first-order chi connectivity index (χ1) is 8.28. The van der Waals surface area contributed by atoms with E-state index in [1.165, 1.54) is 12.1 Å². The summed E-state index contributed by atoms with van der Waals surface area (Å²) in [4.78, 5) is 3.83. The predicted molar refractivity (Wildman–Crippen MR) is 67.6 cm³/mol. The van der Waals surface area contributed by atoms with Crippen LogP contribution in [0.25, 0.3) is 0 Å². The molecule has 0 heterocycles. The number of hydrogen-bond donors (Lipinski definition) is 0. The molecule has 0 N–H and O–H groups in total. The third kappa shape index (κ3) is 3.21. The van der Waals surface area contributed by atoms with E-state index in [1.54, 1.807) is 36.4 Å². The maximum atomic E-state index is 12.7. The smallest absolute Gasteiger partial charge is 0.127 e. The molecule has 0 spiro atoms. The molecule has 0 aromatic heterocycles. The van der Waals surface area contributed by atoms with Gasteiger partial charge in [-0.2, -0.15) is 4.99 Å². The minimum absolute atomic E-state index is 0.289. The van der Waals surface area contributed by atoms with Gasteiger partial charge in [0.05, 0.1) is 10.8 Å². The van der Waals surface area contributed by atoms with Crippen molar-refractivity contribution in [3.8, 4) is 11.5 Å². The number of ether oxygens (including phenoxy) is 1. The van der Waals surface area contributed by atoms with Crippen molar-refractivity contribution in [2.45, 2.75) is 0 Å². The average molecular weight is 245 g/mol. The standard InChI is InChI=1S/C13H8FNOS/c14-10-1-5-12(6-2-10)16-13-7-3-11(4-8-13)15-9-17/h1-8H. The summed E-state index contributed by atoms with van der Waals surface area (Å²) in [6.45, 7) is 0. The number of halogens is 1. The van der Waals surface area contributed by atoms with Gasteiger partial charge in [0.1, 0.15) is 17.3 Å². The van der Waals surface area contributed by atoms with Gasteiger partial charge in [-0.15, -0.1) is 0 Å². The van der Waals surface area contributed by atoms with Gasteiger partial charge in [0.2, 0.25) is 0 Å². The summed E-state index contributed by atoms with van der Waals surface area (Å²) in [5.74, 6) is 0.945. The van der Waals surface area contributed by atoms with Gasteiger partial charge in [0.15, 0.2) is 0 Å². The average Bonchev–Trinajstić information content (AvgIpc) is 2.35. The van der Waals surface area contributed by atoms with Crippen molar-refractivity contribution >= 4 is 23.1 Å². The summed E-state index contributed by atoms with van der Waals surface area (Å²) >= 11 is 4.50. The number of thiocarbonyl (C=S) groups is 1. The molecule has 0 saturated heterocycles. The number of rotatable bonds is 3. The monoisotopic (exact) mass is 245 g/mol. The fraction of sp³-hybridized carbons (Fsp3) is 0. The molecule has 0 amide bonds. The van der Waals surface area contributed by atoms with Crippen LogP contribution in [0, 0.1) is 5.82 Å². The Morgan fingerprint density at radius 3 is 2.00 bits per heavy atom. The highest BCUT2D eigenvalue weighted by atomic mass is 32.1. The molecule has 2 nitrogen and oxygen atoms in total. The summed E-state index contributed by atoms with van der Waals surface area (Å²) in [6.07, 6.45) is 0. The molecule has 17 heavy (non-hydrogen) atoms. The zero-order valence-corrected chi connectivity index (χ0v) is 9.58. The maximum absolute atomic E-state index is 12.7. The Morgan fingerprint density at radius 1 is 0.941 bits per heavy atom. The van der Waals surface area contributed by atoms with Gasteiger partial charge in [-0.05, 0) is 60.7 Å². The molecule has 84 valence electrons. The van der Waals surface area contributed by atoms with Gasteiger partial charge < -0.3 is 4.74 Å². The minimum atomic E-state index is -0.289. The van der Waals surface area contributed by atoms with E-state index < -0.39 is 0 Å². The van der Waals surface area contributed by atoms with E-state index >= 15 is 0 Å². The molecule has 0 aliphatic heterocycles. The quantitative estimate of drug-likeness (QED) is 0.592. The van der Waals surface area contributed by atoms with Gasteiger partial charge in [-0.3, -0.25) is 0 Å². The molecular weight excluding hydrogens is 237 g/mol. The second kappa shape index (κ2) is 5.34. The van der Waals surface area contributed by atoms with Crippen LogP contribution in [0.5, 0.6) is 11.5 Å². The number of hydrogen-bond acceptors (Lipinski definition) is 3. The van der Waals surface area contributed by atoms with Crippen LogP contribution >= 0.6 is 12.2 Å². The molecule has 0 unspecified atom stereocenters. The molecule has 0 radical (unpaired) electrons. The van der Waals surface area contributed by atoms with Crippen LogP contribution < -0.4 is 4.74 Å². The number of aliphatic imine (C=N–C) groups is 1. The SMILES string of the molecule is Fc1ccc(Oc2ccc(N=C=S)cc2)cc1. The first-order valence-corrected chi connectivity index (χ1v) is 5.30. The molecule has 4 heteroatoms. The second-order valence-corrected chi connectivity index (χ2v) is 3.44. The van der Waals surface area contributed by atoms with Gasteiger partial charge in [-0.25, -0.2) is 4.39 Å². The first kappa shape index (κ1) is 11.5. The number of nitrogens with zero attached hydrogens (tertiary/aromatic N) is 1. The third-order valence-electron chi connectivity index (χ3n) is 2.06. The largest absolute Gasteiger partial charge is 0.457 e. The Morgan fingerprint density at radius 2 is 1.47 bits per heavy atom. The Bertz CT molecular complexity index is 545. The van der Waals surface area contributed by atoms with E-state index in [4.69, 9.17) is 4.74 Å². The maximum Gasteiger partial charge on any atom is 0.127 e. The van der Waals surface area contributed by atoms with Crippen molar-refractivity contribution in [3.05, 3.63) is 54.3 Å². The van der Waals surface area contributed by atoms with Crippen LogP contribution in [-0.2, 0) is 0 Å². The molecule has 0 fully saturated rings. The van der Waals surface area contributed by atoms with Crippen molar-refractivity contribution in [3.63, 3.8) is 0 Å². The lowest BCUT2D eigenvalue weighted by Crippen LogP contribution is -1.83. The highest BCUT2D eigenvalue weighted by Crippen LogP contribution is 2.23. The molecule has 0 aliphatic rings. The zero-order chi connectivity index (χ0) is 12.1. The Labute approximate surface area is 103 Å². The van der Waals surface area contributed by atoms with Crippen LogP contribution in [0.4, 0.5) is 10.1 Å². The van der Waals surface area contributed by atoms with Crippen molar-refractivity contribution in [2.24, 2.45) is 4.99 Å². The van der Waals surface area contributed by atoms with Crippen LogP contribution in [0.3, 0.4) is 0 Å². The van der Waals surface area contributed by atoms with E-state index in [0.717, 1.165) is 0 Å². The van der Waals surface area contributed by atoms with E-state index in [9.17, 15) is 4.39 Å². The first-order valence-electron chi connectivity index (χ1n) is 4.89. The summed E-state index contributed by atoms with van der Waals surface area (Å²) < 4.78 is 18.2. The highest BCUT2D eigenvalue weighted by Gasteiger charge is 1.97. The van der Waals surface area contributed by atoms with Crippen LogP contribution in [0.15, 0.2) is 53.5 Å². The third-order valence-corrected chi connectivity index (χ3v) is 2.15. The number of benzene rings is 2. The Kier molecular flexibility index (Phi) is 3.60. The van der Waals surface area contributed by atoms with Crippen molar-refractivity contribution in [1.29, 1.82) is 0 Å². The molecule has 0 bridgehead atoms. The molecule has 0 saturated carbocycles. The summed E-state index contributed by atoms with van der Waals surface area (Å²) in [6, 6.07) is 12.9. The molecular formula is C13H8FNOS. The van der Waals surface area contributed by atoms with Gasteiger partial charge >= 0.3 is 0 Å². The summed E-state index contributed by atoms with van der Waals surface area (Å²) in [5.41, 5.74) is 0.714. The van der Waals surface area contributed by atoms with Crippen LogP contribution in [0.2, 0.25) is 0 Å². The summed E-state index contributed by atoms with van der Waals surface area (Å²) in [5, 5.41) is 2.29. The lowest BCUT2D eigenvalue weighted by molar-refractivity contribution is 0.480. The fourth-order valence-electron chi connectivity index (χ4n) is 1.28.